The molecule has 2 rings (SSSR count). The van der Waals surface area contributed by atoms with Crippen LogP contribution in [0.15, 0.2) is 21.7 Å². The highest BCUT2D eigenvalue weighted by Crippen LogP contribution is 2.19. The Morgan fingerprint density at radius 2 is 2.14 bits per heavy atom. The predicted octanol–water partition coefficient (Wildman–Crippen LogP) is 0.756. The zero-order valence-electron chi connectivity index (χ0n) is 11.8. The summed E-state index contributed by atoms with van der Waals surface area (Å²) in [6.07, 6.45) is 2.48. The topological polar surface area (TPSA) is 92.5 Å². The van der Waals surface area contributed by atoms with Gasteiger partial charge in [0.2, 0.25) is 15.9 Å². The summed E-state index contributed by atoms with van der Waals surface area (Å²) in [5.74, 6) is 0.111. The Hall–Kier alpha value is -0.960. The Bertz CT molecular complexity index is 549. The van der Waals surface area contributed by atoms with Crippen molar-refractivity contribution in [1.29, 1.82) is 0 Å². The van der Waals surface area contributed by atoms with Gasteiger partial charge in [-0.3, -0.25) is 4.79 Å². The van der Waals surface area contributed by atoms with Crippen LogP contribution in [0.2, 0.25) is 0 Å². The van der Waals surface area contributed by atoms with E-state index in [0.29, 0.717) is 49.5 Å². The van der Waals surface area contributed by atoms with Gasteiger partial charge in [0.1, 0.15) is 4.21 Å². The van der Waals surface area contributed by atoms with Crippen molar-refractivity contribution in [3.8, 4) is 0 Å². The normalized spacial score (nSPS) is 17.1. The summed E-state index contributed by atoms with van der Waals surface area (Å²) in [5.41, 5.74) is 5.40. The summed E-state index contributed by atoms with van der Waals surface area (Å²) in [4.78, 5) is 13.7. The third-order valence-electron chi connectivity index (χ3n) is 3.52. The predicted molar refractivity (Wildman–Crippen MR) is 82.5 cm³/mol. The molecular formula is C13H21N3O3S2. The second-order valence-electron chi connectivity index (χ2n) is 5.10. The number of nitrogens with one attached hydrogen (secondary N) is 1. The Morgan fingerprint density at radius 3 is 2.71 bits per heavy atom. The van der Waals surface area contributed by atoms with Crippen LogP contribution >= 0.6 is 11.3 Å². The van der Waals surface area contributed by atoms with Crippen molar-refractivity contribution < 1.29 is 13.2 Å². The number of rotatable bonds is 6. The number of carbonyl (C=O) groups is 1. The lowest BCUT2D eigenvalue weighted by Crippen LogP contribution is -2.46. The van der Waals surface area contributed by atoms with Gasteiger partial charge in [-0.1, -0.05) is 6.07 Å². The molecule has 8 heteroatoms. The molecular weight excluding hydrogens is 310 g/mol. The summed E-state index contributed by atoms with van der Waals surface area (Å²) in [6, 6.07) is 3.21. The van der Waals surface area contributed by atoms with Crippen molar-refractivity contribution in [2.24, 2.45) is 5.73 Å². The van der Waals surface area contributed by atoms with Gasteiger partial charge in [-0.15, -0.1) is 11.3 Å². The van der Waals surface area contributed by atoms with E-state index in [1.165, 1.54) is 11.3 Å². The first-order chi connectivity index (χ1) is 10.0. The van der Waals surface area contributed by atoms with E-state index in [-0.39, 0.29) is 11.9 Å². The first-order valence-electron chi connectivity index (χ1n) is 7.06. The Morgan fingerprint density at radius 1 is 1.43 bits per heavy atom. The maximum absolute atomic E-state index is 12.1. The zero-order chi connectivity index (χ0) is 15.3. The number of thiophene rings is 1. The van der Waals surface area contributed by atoms with Gasteiger partial charge in [-0.2, -0.15) is 0 Å². The number of sulfonamides is 1. The van der Waals surface area contributed by atoms with Gasteiger partial charge in [-0.05, 0) is 37.3 Å². The van der Waals surface area contributed by atoms with Crippen LogP contribution < -0.4 is 10.5 Å². The largest absolute Gasteiger partial charge is 0.343 e. The third-order valence-corrected chi connectivity index (χ3v) is 6.44. The number of carbonyl (C=O) groups excluding carboxylic acids is 1. The maximum Gasteiger partial charge on any atom is 0.250 e. The minimum Gasteiger partial charge on any atom is -0.343 e. The summed E-state index contributed by atoms with van der Waals surface area (Å²) < 4.78 is 27.3. The lowest BCUT2D eigenvalue weighted by molar-refractivity contribution is -0.132. The first-order valence-corrected chi connectivity index (χ1v) is 9.43. The van der Waals surface area contributed by atoms with E-state index in [2.05, 4.69) is 4.72 Å². The lowest BCUT2D eigenvalue weighted by Gasteiger charge is -2.32. The van der Waals surface area contributed by atoms with Crippen LogP contribution in [0.5, 0.6) is 0 Å². The van der Waals surface area contributed by atoms with E-state index in [1.54, 1.807) is 22.4 Å². The van der Waals surface area contributed by atoms with Crippen LogP contribution in [0, 0.1) is 0 Å². The average Bonchev–Trinajstić information content (AvgIpc) is 3.00. The number of nitrogens with two attached hydrogens (primary N) is 1. The Balaban J connectivity index is 1.83. The van der Waals surface area contributed by atoms with Gasteiger partial charge >= 0.3 is 0 Å². The molecule has 2 heterocycles. The molecule has 0 spiro atoms. The van der Waals surface area contributed by atoms with Gasteiger partial charge in [-0.25, -0.2) is 13.1 Å². The number of amides is 1. The molecule has 1 aromatic rings. The number of hydrogen-bond donors (Lipinski definition) is 2. The van der Waals surface area contributed by atoms with Crippen LogP contribution in [-0.4, -0.2) is 44.9 Å². The van der Waals surface area contributed by atoms with Crippen molar-refractivity contribution >= 4 is 27.3 Å². The van der Waals surface area contributed by atoms with E-state index in [0.717, 1.165) is 0 Å². The molecule has 118 valence electrons. The lowest BCUT2D eigenvalue weighted by atomic mass is 10.1. The molecule has 0 bridgehead atoms. The van der Waals surface area contributed by atoms with Gasteiger partial charge in [0.15, 0.2) is 0 Å². The maximum atomic E-state index is 12.1. The number of hydrogen-bond acceptors (Lipinski definition) is 5. The smallest absolute Gasteiger partial charge is 0.250 e. The van der Waals surface area contributed by atoms with E-state index in [9.17, 15) is 13.2 Å². The van der Waals surface area contributed by atoms with Gasteiger partial charge in [0, 0.05) is 25.6 Å². The van der Waals surface area contributed by atoms with Crippen molar-refractivity contribution in [1.82, 2.24) is 9.62 Å². The Kier molecular flexibility index (Phi) is 5.74. The average molecular weight is 331 g/mol. The molecule has 0 saturated carbocycles. The van der Waals surface area contributed by atoms with Crippen LogP contribution in [0.4, 0.5) is 0 Å². The molecule has 1 aliphatic heterocycles. The van der Waals surface area contributed by atoms with Crippen molar-refractivity contribution in [2.45, 2.75) is 35.9 Å². The van der Waals surface area contributed by atoms with E-state index >= 15 is 0 Å². The summed E-state index contributed by atoms with van der Waals surface area (Å²) >= 11 is 1.21. The summed E-state index contributed by atoms with van der Waals surface area (Å²) in [5, 5.41) is 1.74. The zero-order valence-corrected chi connectivity index (χ0v) is 13.5. The molecule has 21 heavy (non-hydrogen) atoms. The molecule has 6 nitrogen and oxygen atoms in total. The second kappa shape index (κ2) is 7.35. The van der Waals surface area contributed by atoms with Crippen molar-refractivity contribution in [2.75, 3.05) is 19.6 Å². The first kappa shape index (κ1) is 16.4. The quantitative estimate of drug-likeness (QED) is 0.805. The fourth-order valence-corrected chi connectivity index (χ4v) is 4.67. The molecule has 1 aliphatic rings. The highest BCUT2D eigenvalue weighted by atomic mass is 32.2. The number of piperidine rings is 1. The standard InChI is InChI=1S/C13H21N3O3S2/c14-7-1-3-12(17)16-8-5-11(6-9-16)15-21(18,19)13-4-2-10-20-13/h2,4,10-11,15H,1,3,5-9,14H2. The number of likely N-dealkylation sites (tertiary alicyclic amines) is 1. The van der Waals surface area contributed by atoms with Crippen LogP contribution in [0.3, 0.4) is 0 Å². The molecule has 1 saturated heterocycles. The third kappa shape index (κ3) is 4.50. The molecule has 1 fully saturated rings. The monoisotopic (exact) mass is 331 g/mol. The van der Waals surface area contributed by atoms with E-state index in [4.69, 9.17) is 5.73 Å². The highest BCUT2D eigenvalue weighted by Gasteiger charge is 2.26. The molecule has 0 aliphatic carbocycles. The minimum absolute atomic E-state index is 0.101. The van der Waals surface area contributed by atoms with Crippen molar-refractivity contribution in [3.05, 3.63) is 17.5 Å². The Labute approximate surface area is 129 Å². The molecule has 0 atom stereocenters. The molecule has 3 N–H and O–H groups in total. The number of nitrogens with zero attached hydrogens (tertiary/aromatic N) is 1. The molecule has 1 aromatic heterocycles. The second-order valence-corrected chi connectivity index (χ2v) is 7.99. The van der Waals surface area contributed by atoms with Crippen molar-refractivity contribution in [3.63, 3.8) is 0 Å². The van der Waals surface area contributed by atoms with Crippen LogP contribution in [-0.2, 0) is 14.8 Å². The summed E-state index contributed by atoms with van der Waals surface area (Å²) in [6.45, 7) is 1.71. The van der Waals surface area contributed by atoms with Gasteiger partial charge < -0.3 is 10.6 Å². The fraction of sp³-hybridized carbons (Fsp3) is 0.615. The van der Waals surface area contributed by atoms with Crippen LogP contribution in [0.25, 0.3) is 0 Å². The molecule has 0 aromatic carbocycles. The molecule has 1 amide bonds. The SMILES string of the molecule is NCCCC(=O)N1CCC(NS(=O)(=O)c2cccs2)CC1. The highest BCUT2D eigenvalue weighted by molar-refractivity contribution is 7.91. The van der Waals surface area contributed by atoms with E-state index < -0.39 is 10.0 Å². The van der Waals surface area contributed by atoms with Gasteiger partial charge in [0.05, 0.1) is 0 Å². The van der Waals surface area contributed by atoms with Crippen LogP contribution in [0.1, 0.15) is 25.7 Å². The van der Waals surface area contributed by atoms with Gasteiger partial charge in [0.25, 0.3) is 0 Å². The minimum atomic E-state index is -3.42. The van der Waals surface area contributed by atoms with E-state index in [1.807, 2.05) is 0 Å². The fourth-order valence-electron chi connectivity index (χ4n) is 2.35. The summed E-state index contributed by atoms with van der Waals surface area (Å²) in [7, 11) is -3.42. The molecule has 0 radical (unpaired) electrons. The molecule has 0 unspecified atom stereocenters.